The number of hydrazine groups is 2. The number of benzene rings is 2. The molecule has 2 aromatic carbocycles. The molecular formula is C12H11N3O4S. The highest BCUT2D eigenvalue weighted by Gasteiger charge is 2.36. The molecule has 0 aliphatic carbocycles. The molecule has 3 N–H and O–H groups in total. The van der Waals surface area contributed by atoms with E-state index in [0.29, 0.717) is 10.1 Å². The van der Waals surface area contributed by atoms with E-state index in [-0.39, 0.29) is 17.1 Å². The Hall–Kier alpha value is -2.45. The fourth-order valence-corrected chi connectivity index (χ4v) is 2.77. The van der Waals surface area contributed by atoms with Gasteiger partial charge < -0.3 is 5.11 Å². The minimum Gasteiger partial charge on any atom is -0.506 e. The van der Waals surface area contributed by atoms with E-state index in [1.54, 1.807) is 30.3 Å². The van der Waals surface area contributed by atoms with Crippen LogP contribution < -0.4 is 15.0 Å². The second-order valence-electron chi connectivity index (χ2n) is 4.15. The Labute approximate surface area is 115 Å². The van der Waals surface area contributed by atoms with Crippen molar-refractivity contribution < 1.29 is 18.1 Å². The molecule has 0 amide bonds. The van der Waals surface area contributed by atoms with Crippen LogP contribution in [0.15, 0.2) is 48.5 Å². The molecule has 1 aliphatic heterocycles. The molecule has 20 heavy (non-hydrogen) atoms. The van der Waals surface area contributed by atoms with Crippen LogP contribution in [0.25, 0.3) is 0 Å². The van der Waals surface area contributed by atoms with Crippen molar-refractivity contribution in [3.8, 4) is 5.75 Å². The van der Waals surface area contributed by atoms with Gasteiger partial charge in [0.15, 0.2) is 0 Å². The van der Waals surface area contributed by atoms with Crippen molar-refractivity contribution in [3.63, 3.8) is 0 Å². The summed E-state index contributed by atoms with van der Waals surface area (Å²) in [6.45, 7) is 0. The van der Waals surface area contributed by atoms with Crippen LogP contribution in [0.4, 0.5) is 17.1 Å². The van der Waals surface area contributed by atoms with Gasteiger partial charge in [0.25, 0.3) is 0 Å². The van der Waals surface area contributed by atoms with E-state index >= 15 is 0 Å². The molecule has 104 valence electrons. The highest BCUT2D eigenvalue weighted by Crippen LogP contribution is 2.40. The van der Waals surface area contributed by atoms with E-state index in [4.69, 9.17) is 0 Å². The van der Waals surface area contributed by atoms with Gasteiger partial charge >= 0.3 is 10.3 Å². The van der Waals surface area contributed by atoms with E-state index in [1.165, 1.54) is 18.2 Å². The zero-order valence-corrected chi connectivity index (χ0v) is 10.9. The number of aromatic hydroxyl groups is 1. The third kappa shape index (κ3) is 1.91. The van der Waals surface area contributed by atoms with Crippen molar-refractivity contribution in [2.75, 3.05) is 15.0 Å². The Kier molecular flexibility index (Phi) is 2.70. The largest absolute Gasteiger partial charge is 0.506 e. The predicted octanol–water partition coefficient (Wildman–Crippen LogP) is 1.76. The summed E-state index contributed by atoms with van der Waals surface area (Å²) in [6.07, 6.45) is 0. The Morgan fingerprint density at radius 3 is 2.20 bits per heavy atom. The number of phenols is 1. The Bertz CT molecular complexity index is 763. The number of nitrogens with one attached hydrogen (secondary N) is 1. The van der Waals surface area contributed by atoms with E-state index in [2.05, 4.69) is 5.43 Å². The lowest BCUT2D eigenvalue weighted by molar-refractivity contribution is 0.470. The Morgan fingerprint density at radius 2 is 1.55 bits per heavy atom. The Morgan fingerprint density at radius 1 is 0.950 bits per heavy atom. The van der Waals surface area contributed by atoms with Gasteiger partial charge in [-0.05, 0) is 24.3 Å². The maximum atomic E-state index is 11.6. The van der Waals surface area contributed by atoms with Crippen molar-refractivity contribution in [2.45, 2.75) is 0 Å². The van der Waals surface area contributed by atoms with Gasteiger partial charge in [-0.2, -0.15) is 13.5 Å². The number of anilines is 3. The van der Waals surface area contributed by atoms with Crippen molar-refractivity contribution >= 4 is 27.4 Å². The summed E-state index contributed by atoms with van der Waals surface area (Å²) in [6, 6.07) is 12.8. The lowest BCUT2D eigenvalue weighted by atomic mass is 10.3. The average molecular weight is 293 g/mol. The summed E-state index contributed by atoms with van der Waals surface area (Å²) in [5, 5.41) is 10.9. The van der Waals surface area contributed by atoms with Crippen LogP contribution in [0, 0.1) is 0 Å². The number of rotatable bonds is 2. The smallest absolute Gasteiger partial charge is 0.379 e. The number of nitrogens with zero attached hydrogens (tertiary/aromatic N) is 2. The van der Waals surface area contributed by atoms with Crippen LogP contribution in [0.2, 0.25) is 0 Å². The molecule has 7 nitrogen and oxygen atoms in total. The fourth-order valence-electron chi connectivity index (χ4n) is 2.03. The van der Waals surface area contributed by atoms with Crippen LogP contribution in [0.1, 0.15) is 0 Å². The molecule has 1 aliphatic rings. The second kappa shape index (κ2) is 4.29. The lowest BCUT2D eigenvalue weighted by Crippen LogP contribution is -2.45. The predicted molar refractivity (Wildman–Crippen MR) is 74.7 cm³/mol. The van der Waals surface area contributed by atoms with Crippen molar-refractivity contribution in [1.29, 1.82) is 0 Å². The van der Waals surface area contributed by atoms with Crippen molar-refractivity contribution in [3.05, 3.63) is 48.5 Å². The van der Waals surface area contributed by atoms with Gasteiger partial charge in [-0.25, -0.2) is 0 Å². The quantitative estimate of drug-likeness (QED) is 0.731. The third-order valence-corrected chi connectivity index (χ3v) is 3.64. The summed E-state index contributed by atoms with van der Waals surface area (Å²) in [4.78, 5) is 0. The van der Waals surface area contributed by atoms with Gasteiger partial charge in [0.2, 0.25) is 0 Å². The molecule has 0 atom stereocenters. The zero-order valence-electron chi connectivity index (χ0n) is 10.1. The van der Waals surface area contributed by atoms with Crippen LogP contribution in [-0.2, 0) is 10.3 Å². The first kappa shape index (κ1) is 12.6. The molecule has 0 spiro atoms. The molecule has 8 heteroatoms. The maximum absolute atomic E-state index is 11.6. The summed E-state index contributed by atoms with van der Waals surface area (Å²) < 4.78 is 33.3. The molecule has 2 aromatic rings. The Balaban J connectivity index is 2.17. The third-order valence-electron chi connectivity index (χ3n) is 2.85. The van der Waals surface area contributed by atoms with E-state index in [0.717, 1.165) is 5.12 Å². The molecule has 3 rings (SSSR count). The first-order valence-electron chi connectivity index (χ1n) is 5.70. The van der Waals surface area contributed by atoms with Crippen molar-refractivity contribution in [1.82, 2.24) is 0 Å². The summed E-state index contributed by atoms with van der Waals surface area (Å²) in [5.74, 6) is -0.124. The van der Waals surface area contributed by atoms with Crippen LogP contribution >= 0.6 is 0 Å². The molecule has 0 saturated carbocycles. The van der Waals surface area contributed by atoms with Crippen molar-refractivity contribution in [2.24, 2.45) is 0 Å². The standard InChI is InChI=1S/C12H11N3O4S/c16-12-8-4-3-7-11(12)14-13-9-5-1-2-6-10(9)15(14)20(17,18)19/h1-8,13,16H,(H,17,18,19). The first-order chi connectivity index (χ1) is 9.48. The van der Waals surface area contributed by atoms with Gasteiger partial charge in [-0.1, -0.05) is 24.3 Å². The molecule has 0 fully saturated rings. The molecular weight excluding hydrogens is 282 g/mol. The van der Waals surface area contributed by atoms with Gasteiger partial charge in [0.1, 0.15) is 17.1 Å². The molecule has 0 saturated heterocycles. The highest BCUT2D eigenvalue weighted by molar-refractivity contribution is 7.87. The van der Waals surface area contributed by atoms with Crippen LogP contribution in [0.3, 0.4) is 0 Å². The number of hydrogen-bond acceptors (Lipinski definition) is 5. The first-order valence-corrected chi connectivity index (χ1v) is 7.09. The van der Waals surface area contributed by atoms with Gasteiger partial charge in [-0.15, -0.1) is 4.41 Å². The number of hydrogen-bond donors (Lipinski definition) is 3. The highest BCUT2D eigenvalue weighted by atomic mass is 32.2. The molecule has 0 radical (unpaired) electrons. The fraction of sp³-hybridized carbons (Fsp3) is 0. The maximum Gasteiger partial charge on any atom is 0.379 e. The van der Waals surface area contributed by atoms with Gasteiger partial charge in [-0.3, -0.25) is 9.98 Å². The van der Waals surface area contributed by atoms with E-state index in [9.17, 15) is 18.1 Å². The minimum absolute atomic E-state index is 0.124. The second-order valence-corrected chi connectivity index (χ2v) is 5.39. The van der Waals surface area contributed by atoms with Gasteiger partial charge in [0.05, 0.1) is 5.69 Å². The minimum atomic E-state index is -4.54. The summed E-state index contributed by atoms with van der Waals surface area (Å²) in [5.41, 5.74) is 3.76. The molecule has 0 unspecified atom stereocenters. The topological polar surface area (TPSA) is 93.1 Å². The summed E-state index contributed by atoms with van der Waals surface area (Å²) >= 11 is 0. The molecule has 0 bridgehead atoms. The number of para-hydroxylation sites is 4. The number of phenolic OH excluding ortho intramolecular Hbond substituents is 1. The number of fused-ring (bicyclic) bond motifs is 1. The van der Waals surface area contributed by atoms with E-state index in [1.807, 2.05) is 0 Å². The van der Waals surface area contributed by atoms with Crippen LogP contribution in [0.5, 0.6) is 5.75 Å². The van der Waals surface area contributed by atoms with Gasteiger partial charge in [0, 0.05) is 0 Å². The average Bonchev–Trinajstić information content (AvgIpc) is 2.78. The summed E-state index contributed by atoms with van der Waals surface area (Å²) in [7, 11) is -4.54. The van der Waals surface area contributed by atoms with Crippen LogP contribution in [-0.4, -0.2) is 18.1 Å². The normalized spacial score (nSPS) is 14.1. The van der Waals surface area contributed by atoms with E-state index < -0.39 is 10.3 Å². The SMILES string of the molecule is O=S(=O)(O)N1c2ccccc2NN1c1ccccc1O. The zero-order chi connectivity index (χ0) is 14.3. The molecule has 0 aromatic heterocycles. The monoisotopic (exact) mass is 293 g/mol. The molecule has 1 heterocycles. The lowest BCUT2D eigenvalue weighted by Gasteiger charge is -2.27.